The molecule has 19 heavy (non-hydrogen) atoms. The lowest BCUT2D eigenvalue weighted by atomic mass is 10.3. The fourth-order valence-electron chi connectivity index (χ4n) is 1.65. The Bertz CT molecular complexity index is 694. The maximum Gasteiger partial charge on any atom is 0.184 e. The van der Waals surface area contributed by atoms with Crippen LogP contribution in [-0.4, -0.2) is 15.0 Å². The maximum absolute atomic E-state index is 5.79. The summed E-state index contributed by atoms with van der Waals surface area (Å²) in [6.45, 7) is 0.444. The largest absolute Gasteiger partial charge is 0.382 e. The van der Waals surface area contributed by atoms with Gasteiger partial charge in [-0.25, -0.2) is 15.0 Å². The fourth-order valence-corrected chi connectivity index (χ4v) is 2.66. The summed E-state index contributed by atoms with van der Waals surface area (Å²) in [7, 11) is 0. The van der Waals surface area contributed by atoms with E-state index in [4.69, 9.17) is 17.3 Å². The lowest BCUT2D eigenvalue weighted by Crippen LogP contribution is -2.06. The van der Waals surface area contributed by atoms with E-state index in [-0.39, 0.29) is 0 Å². The van der Waals surface area contributed by atoms with Crippen molar-refractivity contribution in [3.63, 3.8) is 0 Å². The normalized spacial score (nSPS) is 10.8. The molecule has 0 unspecified atom stereocenters. The quantitative estimate of drug-likeness (QED) is 0.776. The number of nitrogens with one attached hydrogen (secondary N) is 1. The Hall–Kier alpha value is -1.92. The van der Waals surface area contributed by atoms with Crippen molar-refractivity contribution in [1.29, 1.82) is 0 Å². The van der Waals surface area contributed by atoms with Gasteiger partial charge < -0.3 is 11.1 Å². The van der Waals surface area contributed by atoms with Gasteiger partial charge in [0.25, 0.3) is 0 Å². The minimum Gasteiger partial charge on any atom is -0.382 e. The van der Waals surface area contributed by atoms with Gasteiger partial charge in [0.2, 0.25) is 0 Å². The summed E-state index contributed by atoms with van der Waals surface area (Å²) in [5.41, 5.74) is 7.33. The van der Waals surface area contributed by atoms with Gasteiger partial charge in [-0.05, 0) is 12.1 Å². The Morgan fingerprint density at radius 1 is 1.26 bits per heavy atom. The van der Waals surface area contributed by atoms with Gasteiger partial charge in [-0.15, -0.1) is 0 Å². The Morgan fingerprint density at radius 2 is 2.11 bits per heavy atom. The fraction of sp³-hybridized carbons (Fsp3) is 0.0833. The second-order valence-corrected chi connectivity index (χ2v) is 5.28. The average molecular weight is 292 g/mol. The predicted octanol–water partition coefficient (Wildman–Crippen LogP) is 2.93. The highest BCUT2D eigenvalue weighted by atomic mass is 35.5. The van der Waals surface area contributed by atoms with Gasteiger partial charge in [0.1, 0.15) is 16.7 Å². The molecule has 3 rings (SSSR count). The van der Waals surface area contributed by atoms with Gasteiger partial charge in [0.15, 0.2) is 5.13 Å². The van der Waals surface area contributed by atoms with Crippen molar-refractivity contribution in [2.45, 2.75) is 6.54 Å². The van der Waals surface area contributed by atoms with Gasteiger partial charge in [-0.3, -0.25) is 0 Å². The van der Waals surface area contributed by atoms with Crippen molar-refractivity contribution < 1.29 is 0 Å². The molecule has 0 saturated carbocycles. The smallest absolute Gasteiger partial charge is 0.184 e. The summed E-state index contributed by atoms with van der Waals surface area (Å²) >= 11 is 7.38. The third kappa shape index (κ3) is 2.59. The van der Waals surface area contributed by atoms with Crippen LogP contribution in [0.15, 0.2) is 30.5 Å². The molecular weight excluding hydrogens is 282 g/mol. The number of nitrogens with zero attached hydrogens (tertiary/aromatic N) is 3. The first-order valence-electron chi connectivity index (χ1n) is 5.59. The van der Waals surface area contributed by atoms with Crippen LogP contribution < -0.4 is 11.1 Å². The van der Waals surface area contributed by atoms with Crippen LogP contribution in [0.3, 0.4) is 0 Å². The molecule has 2 heterocycles. The van der Waals surface area contributed by atoms with Crippen molar-refractivity contribution in [2.75, 3.05) is 11.1 Å². The Labute approximate surface area is 118 Å². The van der Waals surface area contributed by atoms with Gasteiger partial charge in [0, 0.05) is 0 Å². The van der Waals surface area contributed by atoms with E-state index in [1.807, 2.05) is 24.3 Å². The number of hydrogen-bond donors (Lipinski definition) is 2. The molecule has 0 spiro atoms. The summed E-state index contributed by atoms with van der Waals surface area (Å²) in [6, 6.07) is 7.97. The van der Waals surface area contributed by atoms with Gasteiger partial charge >= 0.3 is 0 Å². The number of halogens is 1. The van der Waals surface area contributed by atoms with E-state index in [2.05, 4.69) is 20.3 Å². The number of aromatic nitrogens is 3. The molecule has 3 N–H and O–H groups in total. The molecule has 0 fully saturated rings. The number of para-hydroxylation sites is 1. The minimum absolute atomic E-state index is 0.329. The zero-order valence-electron chi connectivity index (χ0n) is 9.80. The SMILES string of the molecule is Nc1ncc(Cl)nc1CNc1nc2ccccc2s1. The highest BCUT2D eigenvalue weighted by molar-refractivity contribution is 7.22. The molecule has 0 aliphatic carbocycles. The monoisotopic (exact) mass is 291 g/mol. The van der Waals surface area contributed by atoms with E-state index in [9.17, 15) is 0 Å². The molecule has 0 radical (unpaired) electrons. The van der Waals surface area contributed by atoms with Crippen molar-refractivity contribution in [1.82, 2.24) is 15.0 Å². The molecule has 0 bridgehead atoms. The van der Waals surface area contributed by atoms with Gasteiger partial charge in [0.05, 0.1) is 23.0 Å². The van der Waals surface area contributed by atoms with E-state index >= 15 is 0 Å². The van der Waals surface area contributed by atoms with Crippen LogP contribution in [0.2, 0.25) is 5.15 Å². The summed E-state index contributed by atoms with van der Waals surface area (Å²) in [6.07, 6.45) is 1.43. The Kier molecular flexibility index (Phi) is 3.18. The van der Waals surface area contributed by atoms with E-state index in [1.54, 1.807) is 11.3 Å². The molecular formula is C12H10ClN5S. The number of hydrogen-bond acceptors (Lipinski definition) is 6. The second-order valence-electron chi connectivity index (χ2n) is 3.86. The molecule has 96 valence electrons. The van der Waals surface area contributed by atoms with Crippen molar-refractivity contribution in [3.05, 3.63) is 41.3 Å². The van der Waals surface area contributed by atoms with Crippen molar-refractivity contribution in [3.8, 4) is 0 Å². The average Bonchev–Trinajstić information content (AvgIpc) is 2.82. The molecule has 1 aromatic carbocycles. The van der Waals surface area contributed by atoms with Crippen molar-refractivity contribution in [2.24, 2.45) is 0 Å². The molecule has 7 heteroatoms. The van der Waals surface area contributed by atoms with E-state index in [0.717, 1.165) is 15.3 Å². The highest BCUT2D eigenvalue weighted by Gasteiger charge is 2.06. The number of rotatable bonds is 3. The summed E-state index contributed by atoms with van der Waals surface area (Å²) in [5, 5.41) is 4.34. The maximum atomic E-state index is 5.79. The molecule has 0 atom stereocenters. The third-order valence-electron chi connectivity index (χ3n) is 2.55. The molecule has 0 aliphatic rings. The van der Waals surface area contributed by atoms with Crippen LogP contribution in [0.5, 0.6) is 0 Å². The third-order valence-corrected chi connectivity index (χ3v) is 3.72. The summed E-state index contributed by atoms with van der Waals surface area (Å²) < 4.78 is 1.13. The molecule has 0 aliphatic heterocycles. The van der Waals surface area contributed by atoms with Crippen LogP contribution >= 0.6 is 22.9 Å². The van der Waals surface area contributed by atoms with Crippen LogP contribution in [0, 0.1) is 0 Å². The Morgan fingerprint density at radius 3 is 2.95 bits per heavy atom. The number of anilines is 2. The van der Waals surface area contributed by atoms with Gasteiger partial charge in [-0.1, -0.05) is 35.1 Å². The van der Waals surface area contributed by atoms with Crippen molar-refractivity contribution >= 4 is 44.1 Å². The van der Waals surface area contributed by atoms with E-state index in [0.29, 0.717) is 23.2 Å². The lowest BCUT2D eigenvalue weighted by Gasteiger charge is -2.04. The number of nitrogen functional groups attached to an aromatic ring is 1. The highest BCUT2D eigenvalue weighted by Crippen LogP contribution is 2.25. The van der Waals surface area contributed by atoms with Crippen LogP contribution in [0.4, 0.5) is 10.9 Å². The number of fused-ring (bicyclic) bond motifs is 1. The summed E-state index contributed by atoms with van der Waals surface area (Å²) in [4.78, 5) is 12.6. The number of thiazole rings is 1. The Balaban J connectivity index is 1.80. The first-order chi connectivity index (χ1) is 9.22. The first-order valence-corrected chi connectivity index (χ1v) is 6.78. The molecule has 5 nitrogen and oxygen atoms in total. The molecule has 3 aromatic rings. The molecule has 0 amide bonds. The second kappa shape index (κ2) is 4.99. The zero-order valence-corrected chi connectivity index (χ0v) is 11.4. The molecule has 0 saturated heterocycles. The standard InChI is InChI=1S/C12H10ClN5S/c13-10-6-15-11(14)8(17-10)5-16-12-18-7-3-1-2-4-9(7)19-12/h1-4,6H,5H2,(H2,14,15)(H,16,18). The van der Waals surface area contributed by atoms with E-state index in [1.165, 1.54) is 6.20 Å². The number of nitrogens with two attached hydrogens (primary N) is 1. The van der Waals surface area contributed by atoms with Gasteiger partial charge in [-0.2, -0.15) is 0 Å². The first kappa shape index (κ1) is 12.1. The minimum atomic E-state index is 0.329. The van der Waals surface area contributed by atoms with Crippen LogP contribution in [0.25, 0.3) is 10.2 Å². The summed E-state index contributed by atoms with van der Waals surface area (Å²) in [5.74, 6) is 0.373. The van der Waals surface area contributed by atoms with Crippen LogP contribution in [0.1, 0.15) is 5.69 Å². The zero-order chi connectivity index (χ0) is 13.2. The molecule has 2 aromatic heterocycles. The van der Waals surface area contributed by atoms with E-state index < -0.39 is 0 Å². The lowest BCUT2D eigenvalue weighted by molar-refractivity contribution is 1.02. The van der Waals surface area contributed by atoms with Crippen LogP contribution in [-0.2, 0) is 6.54 Å². The topological polar surface area (TPSA) is 76.7 Å². The predicted molar refractivity (Wildman–Crippen MR) is 78.4 cm³/mol. The number of benzene rings is 1.